The SMILES string of the molecule is CC1(NC(=O)OC2CCC(c3cc(Nc4nccn5nc(C(C)(C)N)cc45)n[nH]3)C2)CC1. The molecule has 2 fully saturated rings. The molecule has 0 saturated heterocycles. The number of carbonyl (C=O) groups excluding carboxylic acids is 1. The highest BCUT2D eigenvalue weighted by atomic mass is 16.6. The average molecular weight is 439 g/mol. The maximum Gasteiger partial charge on any atom is 0.407 e. The third kappa shape index (κ3) is 4.27. The number of anilines is 2. The van der Waals surface area contributed by atoms with E-state index >= 15 is 0 Å². The predicted molar refractivity (Wildman–Crippen MR) is 120 cm³/mol. The molecule has 2 atom stereocenters. The quantitative estimate of drug-likeness (QED) is 0.464. The zero-order valence-electron chi connectivity index (χ0n) is 18.7. The number of nitrogens with one attached hydrogen (secondary N) is 3. The van der Waals surface area contributed by atoms with Gasteiger partial charge in [-0.15, -0.1) is 0 Å². The number of amides is 1. The Balaban J connectivity index is 1.24. The summed E-state index contributed by atoms with van der Waals surface area (Å²) >= 11 is 0. The van der Waals surface area contributed by atoms with Gasteiger partial charge >= 0.3 is 6.09 Å². The van der Waals surface area contributed by atoms with Crippen LogP contribution in [0.5, 0.6) is 0 Å². The molecular weight excluding hydrogens is 408 g/mol. The number of nitrogens with zero attached hydrogens (tertiary/aromatic N) is 4. The first-order chi connectivity index (χ1) is 15.2. The maximum absolute atomic E-state index is 12.1. The zero-order chi connectivity index (χ0) is 22.5. The fraction of sp³-hybridized carbons (Fsp3) is 0.545. The van der Waals surface area contributed by atoms with Crippen molar-refractivity contribution in [1.82, 2.24) is 30.1 Å². The van der Waals surface area contributed by atoms with Gasteiger partial charge in [0.2, 0.25) is 0 Å². The van der Waals surface area contributed by atoms with E-state index in [4.69, 9.17) is 10.5 Å². The van der Waals surface area contributed by atoms with Crippen molar-refractivity contribution in [3.05, 3.63) is 35.9 Å². The van der Waals surface area contributed by atoms with Gasteiger partial charge in [0.15, 0.2) is 11.6 Å². The van der Waals surface area contributed by atoms with E-state index in [2.05, 4.69) is 30.9 Å². The Labute approximate surface area is 186 Å². The number of alkyl carbamates (subject to hydrolysis) is 1. The highest BCUT2D eigenvalue weighted by Gasteiger charge is 2.40. The summed E-state index contributed by atoms with van der Waals surface area (Å²) < 4.78 is 7.39. The summed E-state index contributed by atoms with van der Waals surface area (Å²) in [6.45, 7) is 5.88. The second-order valence-electron chi connectivity index (χ2n) is 9.91. The van der Waals surface area contributed by atoms with Crippen molar-refractivity contribution in [3.63, 3.8) is 0 Å². The maximum atomic E-state index is 12.1. The molecule has 2 aliphatic rings. The highest BCUT2D eigenvalue weighted by molar-refractivity contribution is 5.72. The van der Waals surface area contributed by atoms with Gasteiger partial charge in [-0.25, -0.2) is 14.3 Å². The first-order valence-electron chi connectivity index (χ1n) is 11.1. The highest BCUT2D eigenvalue weighted by Crippen LogP contribution is 2.37. The number of ether oxygens (including phenoxy) is 1. The fourth-order valence-electron chi connectivity index (χ4n) is 4.13. The van der Waals surface area contributed by atoms with Gasteiger partial charge in [0.25, 0.3) is 0 Å². The van der Waals surface area contributed by atoms with E-state index in [1.807, 2.05) is 32.9 Å². The third-order valence-electron chi connectivity index (χ3n) is 6.40. The van der Waals surface area contributed by atoms with Gasteiger partial charge in [-0.3, -0.25) is 5.10 Å². The molecule has 0 radical (unpaired) electrons. The van der Waals surface area contributed by atoms with Crippen LogP contribution in [0, 0.1) is 0 Å². The van der Waals surface area contributed by atoms with E-state index in [0.29, 0.717) is 11.6 Å². The lowest BCUT2D eigenvalue weighted by atomic mass is 10.0. The molecule has 10 nitrogen and oxygen atoms in total. The van der Waals surface area contributed by atoms with Crippen LogP contribution in [-0.2, 0) is 10.3 Å². The topological polar surface area (TPSA) is 135 Å². The normalized spacial score (nSPS) is 22.1. The Morgan fingerprint density at radius 2 is 2.16 bits per heavy atom. The molecule has 32 heavy (non-hydrogen) atoms. The number of nitrogens with two attached hydrogens (primary N) is 1. The summed E-state index contributed by atoms with van der Waals surface area (Å²) in [7, 11) is 0. The summed E-state index contributed by atoms with van der Waals surface area (Å²) in [5.41, 5.74) is 8.23. The van der Waals surface area contributed by atoms with Crippen molar-refractivity contribution in [2.24, 2.45) is 5.73 Å². The molecule has 5 rings (SSSR count). The molecule has 0 aromatic carbocycles. The van der Waals surface area contributed by atoms with Crippen LogP contribution in [0.3, 0.4) is 0 Å². The standard InChI is InChI=1S/C22H30N8O2/c1-21(2,23)17-12-16-19(24-8-9-30(16)29-17)25-18-11-15(27-28-18)13-4-5-14(10-13)32-20(31)26-22(3)6-7-22/h8-9,11-14H,4-7,10,23H2,1-3H3,(H,26,31)(H2,24,25,27,28). The number of aromatic amines is 1. The van der Waals surface area contributed by atoms with Crippen LogP contribution in [0.2, 0.25) is 0 Å². The van der Waals surface area contributed by atoms with Crippen LogP contribution >= 0.6 is 0 Å². The molecule has 2 unspecified atom stereocenters. The lowest BCUT2D eigenvalue weighted by Gasteiger charge is -2.16. The fourth-order valence-corrected chi connectivity index (χ4v) is 4.13. The summed E-state index contributed by atoms with van der Waals surface area (Å²) in [6, 6.07) is 3.93. The molecule has 5 N–H and O–H groups in total. The molecule has 3 heterocycles. The van der Waals surface area contributed by atoms with Gasteiger partial charge in [-0.2, -0.15) is 10.2 Å². The van der Waals surface area contributed by atoms with E-state index < -0.39 is 5.54 Å². The smallest absolute Gasteiger partial charge is 0.407 e. The molecule has 170 valence electrons. The summed E-state index contributed by atoms with van der Waals surface area (Å²) in [5.74, 6) is 1.61. The van der Waals surface area contributed by atoms with Crippen LogP contribution < -0.4 is 16.4 Å². The summed E-state index contributed by atoms with van der Waals surface area (Å²) in [4.78, 5) is 16.5. The number of aromatic nitrogens is 5. The van der Waals surface area contributed by atoms with Crippen molar-refractivity contribution in [3.8, 4) is 0 Å². The van der Waals surface area contributed by atoms with Gasteiger partial charge in [0, 0.05) is 35.6 Å². The van der Waals surface area contributed by atoms with E-state index in [9.17, 15) is 4.79 Å². The Morgan fingerprint density at radius 1 is 1.34 bits per heavy atom. The number of fused-ring (bicyclic) bond motifs is 1. The Hall–Kier alpha value is -3.14. The minimum Gasteiger partial charge on any atom is -0.446 e. The van der Waals surface area contributed by atoms with Crippen molar-refractivity contribution in [2.75, 3.05) is 5.32 Å². The van der Waals surface area contributed by atoms with Crippen LogP contribution in [0.1, 0.15) is 70.2 Å². The molecule has 3 aromatic rings. The molecule has 3 aromatic heterocycles. The second-order valence-corrected chi connectivity index (χ2v) is 9.91. The molecular formula is C22H30N8O2. The number of hydrogen-bond donors (Lipinski definition) is 4. The van der Waals surface area contributed by atoms with Gasteiger partial charge in [-0.05, 0) is 58.9 Å². The summed E-state index contributed by atoms with van der Waals surface area (Å²) in [6.07, 6.45) is 7.74. The van der Waals surface area contributed by atoms with Crippen molar-refractivity contribution < 1.29 is 9.53 Å². The predicted octanol–water partition coefficient (Wildman–Crippen LogP) is 3.30. The first-order valence-corrected chi connectivity index (χ1v) is 11.1. The van der Waals surface area contributed by atoms with Crippen LogP contribution in [-0.4, -0.2) is 42.5 Å². The van der Waals surface area contributed by atoms with E-state index in [0.717, 1.165) is 49.0 Å². The average Bonchev–Trinajstić information content (AvgIpc) is 3.17. The monoisotopic (exact) mass is 438 g/mol. The molecule has 1 amide bonds. The van der Waals surface area contributed by atoms with E-state index in [1.165, 1.54) is 0 Å². The number of H-pyrrole nitrogens is 1. The number of carbonyl (C=O) groups is 1. The largest absolute Gasteiger partial charge is 0.446 e. The van der Waals surface area contributed by atoms with Gasteiger partial charge in [0.1, 0.15) is 11.6 Å². The first kappa shape index (κ1) is 20.7. The van der Waals surface area contributed by atoms with Gasteiger partial charge in [-0.1, -0.05) is 0 Å². The molecule has 0 bridgehead atoms. The van der Waals surface area contributed by atoms with Crippen molar-refractivity contribution in [2.45, 2.75) is 76.0 Å². The molecule has 0 spiro atoms. The Bertz CT molecular complexity index is 1140. The minimum absolute atomic E-state index is 0.0634. The van der Waals surface area contributed by atoms with Crippen LogP contribution in [0.15, 0.2) is 24.5 Å². The summed E-state index contributed by atoms with van der Waals surface area (Å²) in [5, 5.41) is 18.3. The van der Waals surface area contributed by atoms with Crippen molar-refractivity contribution >= 4 is 23.2 Å². The van der Waals surface area contributed by atoms with Gasteiger partial charge in [0.05, 0.1) is 11.2 Å². The van der Waals surface area contributed by atoms with Gasteiger partial charge < -0.3 is 21.1 Å². The lowest BCUT2D eigenvalue weighted by molar-refractivity contribution is 0.0967. The molecule has 2 aliphatic carbocycles. The van der Waals surface area contributed by atoms with Crippen LogP contribution in [0.4, 0.5) is 16.4 Å². The van der Waals surface area contributed by atoms with E-state index in [1.54, 1.807) is 16.9 Å². The lowest BCUT2D eigenvalue weighted by Crippen LogP contribution is -2.36. The van der Waals surface area contributed by atoms with Crippen LogP contribution in [0.25, 0.3) is 5.52 Å². The molecule has 10 heteroatoms. The van der Waals surface area contributed by atoms with Crippen molar-refractivity contribution in [1.29, 1.82) is 0 Å². The minimum atomic E-state index is -0.544. The zero-order valence-corrected chi connectivity index (χ0v) is 18.7. The molecule has 2 saturated carbocycles. The number of hydrogen-bond acceptors (Lipinski definition) is 7. The van der Waals surface area contributed by atoms with E-state index in [-0.39, 0.29) is 23.7 Å². The molecule has 0 aliphatic heterocycles. The Kier molecular flexibility index (Phi) is 4.85. The third-order valence-corrected chi connectivity index (χ3v) is 6.40. The number of rotatable bonds is 6. The Morgan fingerprint density at radius 3 is 2.91 bits per heavy atom. The second kappa shape index (κ2) is 7.47.